The molecule has 0 radical (unpaired) electrons. The Balaban J connectivity index is 1.99. The number of carbonyl (C=O) groups excluding carboxylic acids is 1. The number of hydrogen-bond acceptors (Lipinski definition) is 3. The Morgan fingerprint density at radius 2 is 2.32 bits per heavy atom. The Morgan fingerprint density at radius 1 is 1.53 bits per heavy atom. The van der Waals surface area contributed by atoms with E-state index in [1.807, 2.05) is 0 Å². The van der Waals surface area contributed by atoms with E-state index in [1.165, 1.54) is 12.1 Å². The summed E-state index contributed by atoms with van der Waals surface area (Å²) >= 11 is 5.95. The molecule has 1 N–H and O–H groups in total. The van der Waals surface area contributed by atoms with E-state index >= 15 is 0 Å². The predicted molar refractivity (Wildman–Crippen MR) is 68.5 cm³/mol. The molecule has 1 aliphatic heterocycles. The van der Waals surface area contributed by atoms with E-state index in [4.69, 9.17) is 21.1 Å². The monoisotopic (exact) mass is 287 g/mol. The molecule has 2 rings (SSSR count). The molecule has 1 fully saturated rings. The highest BCUT2D eigenvalue weighted by molar-refractivity contribution is 6.31. The molecule has 1 amide bonds. The van der Waals surface area contributed by atoms with E-state index in [1.54, 1.807) is 13.0 Å². The fourth-order valence-electron chi connectivity index (χ4n) is 1.88. The number of halogens is 2. The number of benzene rings is 1. The Bertz CT molecular complexity index is 463. The summed E-state index contributed by atoms with van der Waals surface area (Å²) in [6, 6.07) is 3.76. The normalized spacial score (nSPS) is 20.9. The molecule has 0 saturated carbocycles. The number of ether oxygens (including phenoxy) is 2. The number of nitrogens with one attached hydrogen (secondary N) is 1. The summed E-state index contributed by atoms with van der Waals surface area (Å²) in [5, 5.41) is 3.06. The Morgan fingerprint density at radius 3 is 2.95 bits per heavy atom. The van der Waals surface area contributed by atoms with Crippen LogP contribution in [0.4, 0.5) is 4.39 Å². The SMILES string of the molecule is CC(NC(=O)C1COCCO1)c1ccc(F)cc1Cl. The van der Waals surface area contributed by atoms with Crippen molar-refractivity contribution in [2.75, 3.05) is 19.8 Å². The van der Waals surface area contributed by atoms with Gasteiger partial charge in [0.25, 0.3) is 5.91 Å². The highest BCUT2D eigenvalue weighted by atomic mass is 35.5. The van der Waals surface area contributed by atoms with Crippen LogP contribution in [0.25, 0.3) is 0 Å². The molecule has 104 valence electrons. The van der Waals surface area contributed by atoms with Gasteiger partial charge in [-0.2, -0.15) is 0 Å². The number of hydrogen-bond donors (Lipinski definition) is 1. The molecule has 1 heterocycles. The Hall–Kier alpha value is -1.17. The van der Waals surface area contributed by atoms with Gasteiger partial charge in [0.2, 0.25) is 0 Å². The first-order valence-corrected chi connectivity index (χ1v) is 6.40. The average Bonchev–Trinajstić information content (AvgIpc) is 2.39. The Labute approximate surface area is 115 Å². The molecule has 0 aliphatic carbocycles. The van der Waals surface area contributed by atoms with Crippen LogP contribution in [0, 0.1) is 5.82 Å². The molecule has 0 spiro atoms. The molecule has 1 saturated heterocycles. The van der Waals surface area contributed by atoms with Crippen LogP contribution in [0.1, 0.15) is 18.5 Å². The molecule has 0 bridgehead atoms. The van der Waals surface area contributed by atoms with Crippen molar-refractivity contribution in [3.05, 3.63) is 34.6 Å². The van der Waals surface area contributed by atoms with Crippen molar-refractivity contribution in [3.63, 3.8) is 0 Å². The van der Waals surface area contributed by atoms with E-state index in [2.05, 4.69) is 5.32 Å². The van der Waals surface area contributed by atoms with Gasteiger partial charge in [0.05, 0.1) is 25.9 Å². The number of rotatable bonds is 3. The maximum atomic E-state index is 13.0. The van der Waals surface area contributed by atoms with Crippen LogP contribution in [-0.4, -0.2) is 31.8 Å². The van der Waals surface area contributed by atoms with Crippen LogP contribution in [0.15, 0.2) is 18.2 Å². The second kappa shape index (κ2) is 6.32. The summed E-state index contributed by atoms with van der Waals surface area (Å²) in [7, 11) is 0. The average molecular weight is 288 g/mol. The zero-order valence-electron chi connectivity index (χ0n) is 10.5. The minimum atomic E-state index is -0.601. The first kappa shape index (κ1) is 14.2. The van der Waals surface area contributed by atoms with Crippen molar-refractivity contribution in [1.29, 1.82) is 0 Å². The summed E-state index contributed by atoms with van der Waals surface area (Å²) in [5.41, 5.74) is 0.660. The van der Waals surface area contributed by atoms with Gasteiger partial charge in [0.1, 0.15) is 5.82 Å². The topological polar surface area (TPSA) is 47.6 Å². The first-order valence-electron chi connectivity index (χ1n) is 6.02. The highest BCUT2D eigenvalue weighted by Crippen LogP contribution is 2.23. The smallest absolute Gasteiger partial charge is 0.252 e. The third kappa shape index (κ3) is 3.65. The lowest BCUT2D eigenvalue weighted by atomic mass is 10.1. The van der Waals surface area contributed by atoms with Crippen LogP contribution < -0.4 is 5.32 Å². The fourth-order valence-corrected chi connectivity index (χ4v) is 2.21. The van der Waals surface area contributed by atoms with E-state index in [0.717, 1.165) is 0 Å². The van der Waals surface area contributed by atoms with Crippen molar-refractivity contribution in [2.45, 2.75) is 19.1 Å². The van der Waals surface area contributed by atoms with Crippen LogP contribution in [0.2, 0.25) is 5.02 Å². The maximum absolute atomic E-state index is 13.0. The van der Waals surface area contributed by atoms with Crippen molar-refractivity contribution in [1.82, 2.24) is 5.32 Å². The molecule has 0 aromatic heterocycles. The summed E-state index contributed by atoms with van der Waals surface area (Å²) in [6.07, 6.45) is -0.601. The van der Waals surface area contributed by atoms with Crippen LogP contribution in [-0.2, 0) is 14.3 Å². The van der Waals surface area contributed by atoms with Gasteiger partial charge in [0, 0.05) is 5.02 Å². The second-order valence-electron chi connectivity index (χ2n) is 4.33. The van der Waals surface area contributed by atoms with Gasteiger partial charge in [-0.1, -0.05) is 17.7 Å². The molecule has 1 aromatic rings. The van der Waals surface area contributed by atoms with Crippen molar-refractivity contribution < 1.29 is 18.7 Å². The van der Waals surface area contributed by atoms with Gasteiger partial charge in [-0.15, -0.1) is 0 Å². The summed E-state index contributed by atoms with van der Waals surface area (Å²) in [6.45, 7) is 2.93. The molecule has 4 nitrogen and oxygen atoms in total. The van der Waals surface area contributed by atoms with Gasteiger partial charge in [0.15, 0.2) is 6.10 Å². The van der Waals surface area contributed by atoms with Gasteiger partial charge in [-0.25, -0.2) is 4.39 Å². The third-order valence-corrected chi connectivity index (χ3v) is 3.22. The molecule has 6 heteroatoms. The van der Waals surface area contributed by atoms with Crippen LogP contribution >= 0.6 is 11.6 Å². The van der Waals surface area contributed by atoms with Crippen LogP contribution in [0.3, 0.4) is 0 Å². The molecule has 2 atom stereocenters. The van der Waals surface area contributed by atoms with Crippen molar-refractivity contribution in [2.24, 2.45) is 0 Å². The molecule has 2 unspecified atom stereocenters. The summed E-state index contributed by atoms with van der Waals surface area (Å²) in [5.74, 6) is -0.663. The fraction of sp³-hybridized carbons (Fsp3) is 0.462. The van der Waals surface area contributed by atoms with Crippen LogP contribution in [0.5, 0.6) is 0 Å². The van der Waals surface area contributed by atoms with Gasteiger partial charge >= 0.3 is 0 Å². The molecule has 1 aliphatic rings. The van der Waals surface area contributed by atoms with Crippen molar-refractivity contribution in [3.8, 4) is 0 Å². The van der Waals surface area contributed by atoms with E-state index in [9.17, 15) is 9.18 Å². The zero-order chi connectivity index (χ0) is 13.8. The molecule has 19 heavy (non-hydrogen) atoms. The number of amides is 1. The maximum Gasteiger partial charge on any atom is 0.252 e. The highest BCUT2D eigenvalue weighted by Gasteiger charge is 2.24. The lowest BCUT2D eigenvalue weighted by Gasteiger charge is -2.24. The minimum absolute atomic E-state index is 0.246. The summed E-state index contributed by atoms with van der Waals surface area (Å²) in [4.78, 5) is 11.9. The van der Waals surface area contributed by atoms with E-state index in [0.29, 0.717) is 18.8 Å². The lowest BCUT2D eigenvalue weighted by molar-refractivity contribution is -0.148. The first-order chi connectivity index (χ1) is 9.08. The van der Waals surface area contributed by atoms with Gasteiger partial charge in [-0.3, -0.25) is 4.79 Å². The molecular weight excluding hydrogens is 273 g/mol. The zero-order valence-corrected chi connectivity index (χ0v) is 11.2. The number of carbonyl (C=O) groups is 1. The lowest BCUT2D eigenvalue weighted by Crippen LogP contribution is -2.43. The largest absolute Gasteiger partial charge is 0.376 e. The predicted octanol–water partition coefficient (Wildman–Crippen LogP) is 2.07. The molecular formula is C13H15ClFNO3. The van der Waals surface area contributed by atoms with Gasteiger partial charge < -0.3 is 14.8 Å². The van der Waals surface area contributed by atoms with E-state index in [-0.39, 0.29) is 23.6 Å². The minimum Gasteiger partial charge on any atom is -0.376 e. The van der Waals surface area contributed by atoms with E-state index < -0.39 is 11.9 Å². The standard InChI is InChI=1S/C13H15ClFNO3/c1-8(10-3-2-9(15)6-11(10)14)16-13(17)12-7-18-4-5-19-12/h2-3,6,8,12H,4-5,7H2,1H3,(H,16,17). The quantitative estimate of drug-likeness (QED) is 0.926. The third-order valence-electron chi connectivity index (χ3n) is 2.90. The second-order valence-corrected chi connectivity index (χ2v) is 4.74. The Kier molecular flexibility index (Phi) is 4.74. The molecule has 1 aromatic carbocycles. The van der Waals surface area contributed by atoms with Crippen molar-refractivity contribution >= 4 is 17.5 Å². The summed E-state index contributed by atoms with van der Waals surface area (Å²) < 4.78 is 23.4. The van der Waals surface area contributed by atoms with Gasteiger partial charge in [-0.05, 0) is 24.6 Å².